The van der Waals surface area contributed by atoms with Gasteiger partial charge in [-0.3, -0.25) is 10.1 Å². The van der Waals surface area contributed by atoms with E-state index in [0.29, 0.717) is 10.9 Å². The lowest BCUT2D eigenvalue weighted by molar-refractivity contribution is 0.100. The zero-order valence-corrected chi connectivity index (χ0v) is 8.28. The van der Waals surface area contributed by atoms with Crippen LogP contribution < -0.4 is 16.8 Å². The molecule has 2 aromatic rings. The number of aromatic nitrogens is 1. The second-order valence-corrected chi connectivity index (χ2v) is 3.27. The molecule has 0 aliphatic heterocycles. The minimum absolute atomic E-state index is 0.223. The Morgan fingerprint density at radius 3 is 2.50 bits per heavy atom. The first-order valence-corrected chi connectivity index (χ1v) is 4.56. The highest BCUT2D eigenvalue weighted by atomic mass is 16.2. The maximum Gasteiger partial charge on any atom is 0.317 e. The summed E-state index contributed by atoms with van der Waals surface area (Å²) in [6.45, 7) is 0. The van der Waals surface area contributed by atoms with Gasteiger partial charge >= 0.3 is 6.03 Å². The van der Waals surface area contributed by atoms with Crippen LogP contribution in [0.2, 0.25) is 0 Å². The van der Waals surface area contributed by atoms with E-state index in [2.05, 4.69) is 10.3 Å². The second kappa shape index (κ2) is 3.58. The Balaban J connectivity index is 2.68. The molecule has 0 aliphatic carbocycles. The third-order valence-electron chi connectivity index (χ3n) is 2.20. The number of amides is 3. The van der Waals surface area contributed by atoms with Gasteiger partial charge in [-0.1, -0.05) is 18.2 Å². The number of carbonyl (C=O) groups is 2. The van der Waals surface area contributed by atoms with E-state index >= 15 is 0 Å². The van der Waals surface area contributed by atoms with Crippen LogP contribution in [0, 0.1) is 0 Å². The van der Waals surface area contributed by atoms with Gasteiger partial charge < -0.3 is 16.5 Å². The number of nitrogens with one attached hydrogen (secondary N) is 2. The minimum atomic E-state index is -0.756. The maximum absolute atomic E-state index is 11.3. The van der Waals surface area contributed by atoms with Gasteiger partial charge in [-0.2, -0.15) is 0 Å². The molecule has 0 saturated heterocycles. The van der Waals surface area contributed by atoms with Crippen LogP contribution in [0.3, 0.4) is 0 Å². The summed E-state index contributed by atoms with van der Waals surface area (Å²) in [5.41, 5.74) is 11.2. The van der Waals surface area contributed by atoms with Crippen molar-refractivity contribution in [2.45, 2.75) is 0 Å². The average molecular weight is 218 g/mol. The van der Waals surface area contributed by atoms with Gasteiger partial charge in [0.1, 0.15) is 5.82 Å². The van der Waals surface area contributed by atoms with Crippen LogP contribution in [0.1, 0.15) is 10.4 Å². The second-order valence-electron chi connectivity index (χ2n) is 3.27. The van der Waals surface area contributed by atoms with Crippen molar-refractivity contribution >= 4 is 28.7 Å². The zero-order valence-electron chi connectivity index (χ0n) is 8.28. The third kappa shape index (κ3) is 1.56. The van der Waals surface area contributed by atoms with Crippen LogP contribution in [0.15, 0.2) is 24.3 Å². The monoisotopic (exact) mass is 218 g/mol. The van der Waals surface area contributed by atoms with Crippen molar-refractivity contribution in [2.75, 3.05) is 5.32 Å². The molecule has 2 rings (SSSR count). The normalized spacial score (nSPS) is 10.2. The van der Waals surface area contributed by atoms with E-state index in [-0.39, 0.29) is 11.4 Å². The molecule has 0 fully saturated rings. The molecule has 1 aromatic heterocycles. The molecular weight excluding hydrogens is 208 g/mol. The van der Waals surface area contributed by atoms with Gasteiger partial charge in [0.2, 0.25) is 0 Å². The van der Waals surface area contributed by atoms with Crippen LogP contribution in [0.5, 0.6) is 0 Å². The zero-order chi connectivity index (χ0) is 11.7. The van der Waals surface area contributed by atoms with E-state index in [1.807, 2.05) is 0 Å². The van der Waals surface area contributed by atoms with E-state index < -0.39 is 11.9 Å². The Hall–Kier alpha value is -2.50. The Morgan fingerprint density at radius 1 is 1.19 bits per heavy atom. The Morgan fingerprint density at radius 2 is 1.88 bits per heavy atom. The number of primary amides is 2. The lowest BCUT2D eigenvalue weighted by Crippen LogP contribution is -2.22. The molecule has 0 atom stereocenters. The Bertz CT molecular complexity index is 573. The topological polar surface area (TPSA) is 114 Å². The van der Waals surface area contributed by atoms with Crippen LogP contribution >= 0.6 is 0 Å². The quantitative estimate of drug-likeness (QED) is 0.596. The molecular formula is C10H10N4O2. The summed E-state index contributed by atoms with van der Waals surface area (Å²) in [6, 6.07) is 6.33. The standard InChI is InChI=1S/C10H10N4O2/c11-8(15)7-5-3-1-2-4-6(5)13-9(7)14-10(12)16/h1-4,13H,(H2,11,15)(H3,12,14,16). The first-order chi connectivity index (χ1) is 7.59. The number of rotatable bonds is 2. The van der Waals surface area contributed by atoms with Crippen LogP contribution in [-0.2, 0) is 0 Å². The lowest BCUT2D eigenvalue weighted by atomic mass is 10.1. The van der Waals surface area contributed by atoms with E-state index in [1.165, 1.54) is 0 Å². The molecule has 0 aliphatic rings. The minimum Gasteiger partial charge on any atom is -0.365 e. The Labute approximate surface area is 90.6 Å². The summed E-state index contributed by atoms with van der Waals surface area (Å²) < 4.78 is 0. The van der Waals surface area contributed by atoms with Crippen molar-refractivity contribution in [1.82, 2.24) is 4.98 Å². The predicted octanol–water partition coefficient (Wildman–Crippen LogP) is 0.757. The smallest absolute Gasteiger partial charge is 0.317 e. The lowest BCUT2D eigenvalue weighted by Gasteiger charge is -2.00. The van der Waals surface area contributed by atoms with E-state index in [9.17, 15) is 9.59 Å². The highest BCUT2D eigenvalue weighted by Crippen LogP contribution is 2.25. The van der Waals surface area contributed by atoms with Gasteiger partial charge in [0.05, 0.1) is 5.56 Å². The number of benzene rings is 1. The summed E-state index contributed by atoms with van der Waals surface area (Å²) in [5, 5.41) is 2.98. The number of nitrogens with two attached hydrogens (primary N) is 2. The van der Waals surface area contributed by atoms with E-state index in [0.717, 1.165) is 0 Å². The van der Waals surface area contributed by atoms with Crippen LogP contribution in [0.4, 0.5) is 10.6 Å². The fourth-order valence-electron chi connectivity index (χ4n) is 1.61. The number of hydrogen-bond donors (Lipinski definition) is 4. The predicted molar refractivity (Wildman–Crippen MR) is 60.0 cm³/mol. The SMILES string of the molecule is NC(=O)Nc1[nH]c2ccccc2c1C(N)=O. The summed E-state index contributed by atoms with van der Waals surface area (Å²) in [6.07, 6.45) is 0. The summed E-state index contributed by atoms with van der Waals surface area (Å²) in [5.74, 6) is -0.401. The number of fused-ring (bicyclic) bond motifs is 1. The van der Waals surface area contributed by atoms with Crippen molar-refractivity contribution in [3.63, 3.8) is 0 Å². The van der Waals surface area contributed by atoms with E-state index in [4.69, 9.17) is 11.5 Å². The molecule has 0 bridgehead atoms. The van der Waals surface area contributed by atoms with Gasteiger partial charge in [0, 0.05) is 10.9 Å². The number of para-hydroxylation sites is 1. The Kier molecular flexibility index (Phi) is 2.24. The van der Waals surface area contributed by atoms with Gasteiger partial charge in [-0.15, -0.1) is 0 Å². The fourth-order valence-corrected chi connectivity index (χ4v) is 1.61. The summed E-state index contributed by atoms with van der Waals surface area (Å²) in [4.78, 5) is 24.9. The highest BCUT2D eigenvalue weighted by Gasteiger charge is 2.16. The fraction of sp³-hybridized carbons (Fsp3) is 0. The van der Waals surface area contributed by atoms with Crippen molar-refractivity contribution < 1.29 is 9.59 Å². The van der Waals surface area contributed by atoms with E-state index in [1.54, 1.807) is 24.3 Å². The number of urea groups is 1. The number of aromatic amines is 1. The molecule has 0 saturated carbocycles. The molecule has 1 aromatic carbocycles. The molecule has 0 unspecified atom stereocenters. The average Bonchev–Trinajstić information content (AvgIpc) is 2.53. The van der Waals surface area contributed by atoms with Gasteiger partial charge in [-0.25, -0.2) is 4.79 Å². The molecule has 6 heteroatoms. The summed E-state index contributed by atoms with van der Waals surface area (Å²) >= 11 is 0. The third-order valence-corrected chi connectivity index (χ3v) is 2.20. The van der Waals surface area contributed by atoms with Gasteiger partial charge in [0.25, 0.3) is 5.91 Å². The molecule has 0 radical (unpaired) electrons. The van der Waals surface area contributed by atoms with Gasteiger partial charge in [0.15, 0.2) is 0 Å². The first kappa shape index (κ1) is 10.0. The molecule has 1 heterocycles. The molecule has 82 valence electrons. The van der Waals surface area contributed by atoms with Crippen molar-refractivity contribution in [1.29, 1.82) is 0 Å². The molecule has 6 nitrogen and oxygen atoms in total. The molecule has 16 heavy (non-hydrogen) atoms. The largest absolute Gasteiger partial charge is 0.365 e. The number of carbonyl (C=O) groups excluding carboxylic acids is 2. The first-order valence-electron chi connectivity index (χ1n) is 4.56. The van der Waals surface area contributed by atoms with Gasteiger partial charge in [-0.05, 0) is 6.07 Å². The summed E-state index contributed by atoms with van der Waals surface area (Å²) in [7, 11) is 0. The number of hydrogen-bond acceptors (Lipinski definition) is 2. The number of anilines is 1. The van der Waals surface area contributed by atoms with Crippen molar-refractivity contribution in [3.05, 3.63) is 29.8 Å². The van der Waals surface area contributed by atoms with Crippen LogP contribution in [-0.4, -0.2) is 16.9 Å². The maximum atomic E-state index is 11.3. The van der Waals surface area contributed by atoms with Crippen LogP contribution in [0.25, 0.3) is 10.9 Å². The van der Waals surface area contributed by atoms with Crippen molar-refractivity contribution in [3.8, 4) is 0 Å². The van der Waals surface area contributed by atoms with Crippen molar-refractivity contribution in [2.24, 2.45) is 11.5 Å². The molecule has 6 N–H and O–H groups in total. The highest BCUT2D eigenvalue weighted by molar-refractivity contribution is 6.12. The molecule has 3 amide bonds. The molecule has 0 spiro atoms. The number of H-pyrrole nitrogens is 1.